The zero-order valence-electron chi connectivity index (χ0n) is 13.5. The van der Waals surface area contributed by atoms with Crippen LogP contribution in [0.3, 0.4) is 0 Å². The first kappa shape index (κ1) is 20.1. The number of piperidine rings is 1. The van der Waals surface area contributed by atoms with Crippen LogP contribution in [0, 0.1) is 0 Å². The molecule has 2 bridgehead atoms. The second kappa shape index (κ2) is 7.98. The van der Waals surface area contributed by atoms with Crippen LogP contribution in [0.4, 0.5) is 4.79 Å². The van der Waals surface area contributed by atoms with E-state index in [2.05, 4.69) is 14.6 Å². The SMILES string of the molecule is O=C(NCc1ccccn1)[C@H]1CC[C@@H]2CN1C(=O)N2OS(=O)(=O)[O-].[Na+]. The normalized spacial score (nSPS) is 22.5. The molecule has 2 aliphatic rings. The topological polar surface area (TPSA) is 132 Å². The number of nitrogens with one attached hydrogen (secondary N) is 1. The smallest absolute Gasteiger partial charge is 0.724 e. The molecule has 1 aromatic rings. The van der Waals surface area contributed by atoms with Crippen molar-refractivity contribution in [2.24, 2.45) is 0 Å². The number of hydrogen-bond donors (Lipinski definition) is 1. The maximum Gasteiger partial charge on any atom is 1.00 e. The van der Waals surface area contributed by atoms with Crippen molar-refractivity contribution in [1.82, 2.24) is 20.3 Å². The molecule has 3 amide bonds. The molecule has 2 saturated heterocycles. The molecule has 3 rings (SSSR count). The summed E-state index contributed by atoms with van der Waals surface area (Å²) in [6.45, 7) is 0.354. The van der Waals surface area contributed by atoms with Gasteiger partial charge in [0.2, 0.25) is 16.3 Å². The molecule has 0 aliphatic carbocycles. The number of aromatic nitrogens is 1. The van der Waals surface area contributed by atoms with Crippen molar-refractivity contribution in [2.75, 3.05) is 6.54 Å². The number of hydrogen-bond acceptors (Lipinski definition) is 7. The molecule has 3 heterocycles. The second-order valence-corrected chi connectivity index (χ2v) is 6.49. The van der Waals surface area contributed by atoms with Gasteiger partial charge in [-0.15, -0.1) is 0 Å². The van der Waals surface area contributed by atoms with Gasteiger partial charge in [0.1, 0.15) is 6.04 Å². The summed E-state index contributed by atoms with van der Waals surface area (Å²) in [6, 6.07) is 3.22. The van der Waals surface area contributed by atoms with Gasteiger partial charge >= 0.3 is 35.6 Å². The van der Waals surface area contributed by atoms with E-state index in [1.807, 2.05) is 0 Å². The molecule has 0 saturated carbocycles. The zero-order chi connectivity index (χ0) is 17.3. The van der Waals surface area contributed by atoms with Crippen LogP contribution in [0.2, 0.25) is 0 Å². The van der Waals surface area contributed by atoms with E-state index in [0.717, 1.165) is 0 Å². The van der Waals surface area contributed by atoms with E-state index in [-0.39, 0.29) is 48.6 Å². The average Bonchev–Trinajstić information content (AvgIpc) is 2.77. The number of fused-ring (bicyclic) bond motifs is 2. The molecule has 1 N–H and O–H groups in total. The Balaban J connectivity index is 0.00000225. The molecule has 12 heteroatoms. The summed E-state index contributed by atoms with van der Waals surface area (Å²) in [5.41, 5.74) is 0.676. The van der Waals surface area contributed by atoms with Crippen LogP contribution >= 0.6 is 0 Å². The first-order valence-corrected chi connectivity index (χ1v) is 8.61. The number of urea groups is 1. The summed E-state index contributed by atoms with van der Waals surface area (Å²) < 4.78 is 36.4. The fourth-order valence-electron chi connectivity index (χ4n) is 2.90. The van der Waals surface area contributed by atoms with Gasteiger partial charge in [0.15, 0.2) is 0 Å². The summed E-state index contributed by atoms with van der Waals surface area (Å²) in [5, 5.41) is 3.25. The standard InChI is InChI=1S/C13H16N4O6S.Na/c18-12(15-7-9-3-1-2-6-14-9)11-5-4-10-8-16(11)13(19)17(10)23-24(20,21)22;/h1-3,6,10-11H,4-5,7-8H2,(H,15,18)(H,20,21,22);/q;+1/p-1/t10-,11-;/m1./s1. The maximum absolute atomic E-state index is 12.3. The van der Waals surface area contributed by atoms with Gasteiger partial charge in [0.05, 0.1) is 18.3 Å². The summed E-state index contributed by atoms with van der Waals surface area (Å²) in [7, 11) is -5.04. The van der Waals surface area contributed by atoms with Crippen LogP contribution < -0.4 is 34.9 Å². The van der Waals surface area contributed by atoms with Crippen molar-refractivity contribution in [2.45, 2.75) is 31.5 Å². The number of carbonyl (C=O) groups excluding carboxylic acids is 2. The molecule has 1 aromatic heterocycles. The number of amides is 3. The van der Waals surface area contributed by atoms with Gasteiger partial charge in [0, 0.05) is 12.7 Å². The minimum Gasteiger partial charge on any atom is -0.724 e. The van der Waals surface area contributed by atoms with Gasteiger partial charge in [-0.25, -0.2) is 13.2 Å². The van der Waals surface area contributed by atoms with Crippen molar-refractivity contribution >= 4 is 22.3 Å². The minimum atomic E-state index is -5.04. The molecule has 0 unspecified atom stereocenters. The van der Waals surface area contributed by atoms with Gasteiger partial charge in [0.25, 0.3) is 0 Å². The predicted octanol–water partition coefficient (Wildman–Crippen LogP) is -3.64. The number of nitrogens with zero attached hydrogens (tertiary/aromatic N) is 3. The first-order chi connectivity index (χ1) is 11.3. The fourth-order valence-corrected chi connectivity index (χ4v) is 3.28. The van der Waals surface area contributed by atoms with E-state index in [9.17, 15) is 22.6 Å². The molecule has 2 aliphatic heterocycles. The van der Waals surface area contributed by atoms with Crippen LogP contribution in [-0.2, 0) is 26.0 Å². The molecule has 0 aromatic carbocycles. The monoisotopic (exact) mass is 378 g/mol. The Morgan fingerprint density at radius 3 is 2.80 bits per heavy atom. The van der Waals surface area contributed by atoms with E-state index < -0.39 is 28.5 Å². The number of hydroxylamine groups is 2. The Hall–Kier alpha value is -1.24. The molecular weight excluding hydrogens is 363 g/mol. The van der Waals surface area contributed by atoms with E-state index in [0.29, 0.717) is 23.6 Å². The Labute approximate surface area is 166 Å². The molecular formula is C13H15N4NaO6S. The van der Waals surface area contributed by atoms with Crippen LogP contribution in [0.5, 0.6) is 0 Å². The van der Waals surface area contributed by atoms with Crippen molar-refractivity contribution in [3.8, 4) is 0 Å². The number of carbonyl (C=O) groups is 2. The van der Waals surface area contributed by atoms with Gasteiger partial charge in [-0.2, -0.15) is 9.35 Å². The third kappa shape index (κ3) is 4.68. The fraction of sp³-hybridized carbons (Fsp3) is 0.462. The quantitative estimate of drug-likeness (QED) is 0.318. The van der Waals surface area contributed by atoms with Crippen molar-refractivity contribution in [3.63, 3.8) is 0 Å². The summed E-state index contributed by atoms with van der Waals surface area (Å²) in [4.78, 5) is 29.8. The Morgan fingerprint density at radius 2 is 2.16 bits per heavy atom. The van der Waals surface area contributed by atoms with Crippen LogP contribution in [0.25, 0.3) is 0 Å². The maximum atomic E-state index is 12.3. The number of pyridine rings is 1. The van der Waals surface area contributed by atoms with Crippen molar-refractivity contribution in [3.05, 3.63) is 30.1 Å². The van der Waals surface area contributed by atoms with E-state index >= 15 is 0 Å². The Bertz CT molecular complexity index is 746. The zero-order valence-corrected chi connectivity index (χ0v) is 16.3. The van der Waals surface area contributed by atoms with Crippen LogP contribution in [0.15, 0.2) is 24.4 Å². The summed E-state index contributed by atoms with van der Waals surface area (Å²) in [5.74, 6) is -0.362. The molecule has 25 heavy (non-hydrogen) atoms. The van der Waals surface area contributed by atoms with Crippen molar-refractivity contribution in [1.29, 1.82) is 0 Å². The van der Waals surface area contributed by atoms with Gasteiger partial charge < -0.3 is 14.8 Å². The van der Waals surface area contributed by atoms with E-state index in [4.69, 9.17) is 0 Å². The van der Waals surface area contributed by atoms with Gasteiger partial charge in [-0.05, 0) is 25.0 Å². The van der Waals surface area contributed by atoms with Crippen LogP contribution in [0.1, 0.15) is 18.5 Å². The molecule has 0 radical (unpaired) electrons. The molecule has 130 valence electrons. The van der Waals surface area contributed by atoms with Gasteiger partial charge in [-0.3, -0.25) is 9.78 Å². The molecule has 0 spiro atoms. The Morgan fingerprint density at radius 1 is 1.40 bits per heavy atom. The second-order valence-electron chi connectivity index (χ2n) is 5.53. The number of rotatable bonds is 5. The van der Waals surface area contributed by atoms with Gasteiger partial charge in [-0.1, -0.05) is 6.07 Å². The molecule has 10 nitrogen and oxygen atoms in total. The Kier molecular flexibility index (Phi) is 6.40. The van der Waals surface area contributed by atoms with E-state index in [1.54, 1.807) is 24.4 Å². The summed E-state index contributed by atoms with van der Waals surface area (Å²) >= 11 is 0. The predicted molar refractivity (Wildman–Crippen MR) is 77.6 cm³/mol. The minimum absolute atomic E-state index is 0. The van der Waals surface area contributed by atoms with E-state index in [1.165, 1.54) is 4.90 Å². The summed E-state index contributed by atoms with van der Waals surface area (Å²) in [6.07, 6.45) is 2.32. The van der Waals surface area contributed by atoms with Crippen LogP contribution in [-0.4, -0.2) is 58.5 Å². The third-order valence-electron chi connectivity index (χ3n) is 3.97. The largest absolute Gasteiger partial charge is 1.00 e. The van der Waals surface area contributed by atoms with Crippen molar-refractivity contribution < 1.29 is 56.4 Å². The molecule has 2 atom stereocenters. The average molecular weight is 378 g/mol. The molecule has 2 fully saturated rings. The first-order valence-electron chi connectivity index (χ1n) is 7.28. The third-order valence-corrected chi connectivity index (χ3v) is 4.31.